The van der Waals surface area contributed by atoms with Crippen LogP contribution in [0.25, 0.3) is 0 Å². The first kappa shape index (κ1) is 25.1. The number of hydrogen-bond donors (Lipinski definition) is 0. The third-order valence-electron chi connectivity index (χ3n) is 10.2. The monoisotopic (exact) mass is 460 g/mol. The Morgan fingerprint density at radius 1 is 0.964 bits per heavy atom. The van der Waals surface area contributed by atoms with Gasteiger partial charge in [-0.05, 0) is 73.0 Å². The van der Waals surface area contributed by atoms with Gasteiger partial charge in [0.05, 0.1) is 0 Å². The summed E-state index contributed by atoms with van der Waals surface area (Å²) in [4.78, 5) is 0. The molecule has 0 aromatic heterocycles. The predicted octanol–water partition coefficient (Wildman–Crippen LogP) is 8.48. The van der Waals surface area contributed by atoms with E-state index in [0.717, 1.165) is 23.7 Å². The van der Waals surface area contributed by atoms with Crippen LogP contribution in [0.3, 0.4) is 0 Å². The van der Waals surface area contributed by atoms with Crippen molar-refractivity contribution in [2.24, 2.45) is 45.3 Å². The van der Waals surface area contributed by atoms with Crippen LogP contribution in [0, 0.1) is 51.8 Å². The molecule has 0 nitrogen and oxygen atoms in total. The standard InChI is InChI=1S/C27H47.Y/c1-9-14-25(6)17-18-26(7)20(3)22(13-12-21(26)19-25)27(8)16-11-15-24(4,5)23(27)10-2;/h9,14-15,20-23H,10-13,16-19H2,1-8H3;/q-1;. The summed E-state index contributed by atoms with van der Waals surface area (Å²) in [6.07, 6.45) is 18.7. The van der Waals surface area contributed by atoms with Gasteiger partial charge in [0, 0.05) is 32.7 Å². The van der Waals surface area contributed by atoms with E-state index in [1.807, 2.05) is 0 Å². The van der Waals surface area contributed by atoms with Gasteiger partial charge in [-0.1, -0.05) is 79.4 Å². The Labute approximate surface area is 202 Å². The van der Waals surface area contributed by atoms with Crippen LogP contribution in [0.2, 0.25) is 0 Å². The normalized spacial score (nSPS) is 48.7. The molecule has 0 aromatic rings. The van der Waals surface area contributed by atoms with E-state index < -0.39 is 0 Å². The fourth-order valence-corrected chi connectivity index (χ4v) is 8.59. The minimum Gasteiger partial charge on any atom is -0.323 e. The second-order valence-electron chi connectivity index (χ2n) is 12.1. The molecule has 7 unspecified atom stereocenters. The second-order valence-corrected chi connectivity index (χ2v) is 12.1. The summed E-state index contributed by atoms with van der Waals surface area (Å²) in [7, 11) is 0. The summed E-state index contributed by atoms with van der Waals surface area (Å²) in [5, 5.41) is 0. The van der Waals surface area contributed by atoms with E-state index in [1.165, 1.54) is 51.4 Å². The summed E-state index contributed by atoms with van der Waals surface area (Å²) in [6.45, 7) is 20.2. The van der Waals surface area contributed by atoms with Crippen LogP contribution in [-0.4, -0.2) is 0 Å². The van der Waals surface area contributed by atoms with Gasteiger partial charge < -0.3 is 6.42 Å². The average Bonchev–Trinajstić information content (AvgIpc) is 2.57. The number of fused-ring (bicyclic) bond motifs is 1. The van der Waals surface area contributed by atoms with Gasteiger partial charge in [-0.3, -0.25) is 0 Å². The maximum absolute atomic E-state index is 2.69. The van der Waals surface area contributed by atoms with E-state index in [4.69, 9.17) is 0 Å². The maximum Gasteiger partial charge on any atom is 0 e. The molecule has 159 valence electrons. The zero-order valence-electron chi connectivity index (χ0n) is 20.3. The molecule has 1 heteroatoms. The molecular formula is C27H47Y-. The second kappa shape index (κ2) is 8.77. The Kier molecular flexibility index (Phi) is 7.86. The van der Waals surface area contributed by atoms with E-state index in [0.29, 0.717) is 21.7 Å². The molecule has 0 saturated heterocycles. The molecule has 0 N–H and O–H groups in total. The van der Waals surface area contributed by atoms with E-state index in [-0.39, 0.29) is 32.7 Å². The molecule has 0 aliphatic heterocycles. The fourth-order valence-electron chi connectivity index (χ4n) is 8.59. The predicted molar refractivity (Wildman–Crippen MR) is 119 cm³/mol. The van der Waals surface area contributed by atoms with Gasteiger partial charge in [-0.15, -0.1) is 0 Å². The van der Waals surface area contributed by atoms with Crippen LogP contribution in [0.4, 0.5) is 0 Å². The molecule has 3 aliphatic carbocycles. The molecule has 28 heavy (non-hydrogen) atoms. The first-order chi connectivity index (χ1) is 12.5. The molecule has 7 atom stereocenters. The van der Waals surface area contributed by atoms with Crippen molar-refractivity contribution in [3.05, 3.63) is 18.6 Å². The van der Waals surface area contributed by atoms with Crippen LogP contribution in [0.5, 0.6) is 0 Å². The van der Waals surface area contributed by atoms with Gasteiger partial charge in [0.1, 0.15) is 0 Å². The third kappa shape index (κ3) is 4.14. The van der Waals surface area contributed by atoms with Crippen LogP contribution >= 0.6 is 0 Å². The third-order valence-corrected chi connectivity index (χ3v) is 10.2. The van der Waals surface area contributed by atoms with Gasteiger partial charge in [0.2, 0.25) is 0 Å². The van der Waals surface area contributed by atoms with Gasteiger partial charge in [0.25, 0.3) is 0 Å². The van der Waals surface area contributed by atoms with Crippen molar-refractivity contribution >= 4 is 0 Å². The summed E-state index contributed by atoms with van der Waals surface area (Å²) < 4.78 is 0. The Morgan fingerprint density at radius 2 is 1.64 bits per heavy atom. The van der Waals surface area contributed by atoms with Crippen LogP contribution < -0.4 is 0 Å². The summed E-state index contributed by atoms with van der Waals surface area (Å²) in [6, 6.07) is 0. The van der Waals surface area contributed by atoms with E-state index in [1.54, 1.807) is 0 Å². The van der Waals surface area contributed by atoms with Crippen LogP contribution in [0.15, 0.2) is 12.2 Å². The smallest absolute Gasteiger partial charge is 0 e. The molecule has 3 aliphatic rings. The quantitative estimate of drug-likeness (QED) is 0.293. The van der Waals surface area contributed by atoms with Crippen LogP contribution in [0.1, 0.15) is 107 Å². The first-order valence-corrected chi connectivity index (χ1v) is 12.0. The minimum atomic E-state index is 0. The van der Waals surface area contributed by atoms with Crippen molar-refractivity contribution < 1.29 is 32.7 Å². The summed E-state index contributed by atoms with van der Waals surface area (Å²) in [5.41, 5.74) is 1.92. The largest absolute Gasteiger partial charge is 0.323 e. The van der Waals surface area contributed by atoms with Gasteiger partial charge in [0.15, 0.2) is 0 Å². The topological polar surface area (TPSA) is 0 Å². The summed E-state index contributed by atoms with van der Waals surface area (Å²) >= 11 is 0. The number of hydrogen-bond acceptors (Lipinski definition) is 0. The number of rotatable bonds is 3. The van der Waals surface area contributed by atoms with E-state index >= 15 is 0 Å². The van der Waals surface area contributed by atoms with Crippen LogP contribution in [-0.2, 0) is 32.7 Å². The van der Waals surface area contributed by atoms with E-state index in [2.05, 4.69) is 74.0 Å². The van der Waals surface area contributed by atoms with Crippen molar-refractivity contribution in [1.29, 1.82) is 0 Å². The maximum atomic E-state index is 2.69. The van der Waals surface area contributed by atoms with Crippen molar-refractivity contribution in [1.82, 2.24) is 0 Å². The Hall–Kier alpha value is 0.844. The van der Waals surface area contributed by atoms with Crippen molar-refractivity contribution in [2.45, 2.75) is 107 Å². The van der Waals surface area contributed by atoms with Gasteiger partial charge in [-0.25, -0.2) is 0 Å². The Morgan fingerprint density at radius 3 is 2.25 bits per heavy atom. The molecular weight excluding hydrogens is 413 g/mol. The van der Waals surface area contributed by atoms with Crippen molar-refractivity contribution in [3.63, 3.8) is 0 Å². The minimum absolute atomic E-state index is 0. The zero-order chi connectivity index (χ0) is 20.1. The molecule has 0 heterocycles. The molecule has 0 bridgehead atoms. The van der Waals surface area contributed by atoms with E-state index in [9.17, 15) is 0 Å². The molecule has 0 spiro atoms. The van der Waals surface area contributed by atoms with Gasteiger partial charge >= 0.3 is 0 Å². The molecule has 3 fully saturated rings. The zero-order valence-corrected chi connectivity index (χ0v) is 23.1. The Balaban J connectivity index is 0.00000280. The summed E-state index contributed by atoms with van der Waals surface area (Å²) in [5.74, 6) is 3.52. The molecule has 0 aromatic carbocycles. The van der Waals surface area contributed by atoms with Crippen molar-refractivity contribution in [3.8, 4) is 0 Å². The van der Waals surface area contributed by atoms with Crippen molar-refractivity contribution in [2.75, 3.05) is 0 Å². The first-order valence-electron chi connectivity index (χ1n) is 12.0. The van der Waals surface area contributed by atoms with Gasteiger partial charge in [-0.2, -0.15) is 11.8 Å². The number of allylic oxidation sites excluding steroid dienone is 2. The Bertz CT molecular complexity index is 563. The SMILES string of the molecule is CC=CC1(C)CCC2(C)C(CCC(C3(C)CC[CH-]C(C)(C)C3CC)C2C)C1.[Y]. The fraction of sp³-hybridized carbons (Fsp3) is 0.889. The molecule has 3 saturated carbocycles. The molecule has 0 amide bonds. The molecule has 3 rings (SSSR count). The average molecular weight is 461 g/mol. The molecule has 1 radical (unpaired) electrons.